The lowest BCUT2D eigenvalue weighted by Crippen LogP contribution is -1.86. The molecule has 0 aliphatic rings. The molecule has 8 heavy (non-hydrogen) atoms. The number of hydrogen-bond acceptors (Lipinski definition) is 2. The average molecular weight is 111 g/mol. The number of hydrogen-bond donors (Lipinski definition) is 1. The lowest BCUT2D eigenvalue weighted by molar-refractivity contribution is 0.305. The van der Waals surface area contributed by atoms with Crippen LogP contribution in [0.4, 0.5) is 0 Å². The second kappa shape index (κ2) is 2.01. The Balaban J connectivity index is 2.77. The van der Waals surface area contributed by atoms with Crippen molar-refractivity contribution in [1.29, 1.82) is 0 Å². The first-order valence-corrected chi connectivity index (χ1v) is 2.37. The van der Waals surface area contributed by atoms with Crippen molar-refractivity contribution in [2.24, 2.45) is 0 Å². The smallest absolute Gasteiger partial charge is 0.155 e. The molecule has 2 heteroatoms. The van der Waals surface area contributed by atoms with E-state index >= 15 is 0 Å². The Morgan fingerprint density at radius 3 is 2.75 bits per heavy atom. The fourth-order valence-electron chi connectivity index (χ4n) is 0.484. The summed E-state index contributed by atoms with van der Waals surface area (Å²) in [6.45, 7) is 1.58. The quantitative estimate of drug-likeness (QED) is 0.596. The van der Waals surface area contributed by atoms with Gasteiger partial charge in [0.15, 0.2) is 6.10 Å². The van der Waals surface area contributed by atoms with Gasteiger partial charge in [-0.2, -0.15) is 0 Å². The van der Waals surface area contributed by atoms with E-state index in [4.69, 9.17) is 9.52 Å². The van der Waals surface area contributed by atoms with Crippen LogP contribution in [0, 0.1) is 6.10 Å². The van der Waals surface area contributed by atoms with E-state index < -0.39 is 0 Å². The van der Waals surface area contributed by atoms with E-state index in [-0.39, 0.29) is 6.10 Å². The number of aliphatic hydroxyl groups excluding tert-OH is 1. The Morgan fingerprint density at radius 1 is 1.75 bits per heavy atom. The fraction of sp³-hybridized carbons (Fsp3) is 0.167. The summed E-state index contributed by atoms with van der Waals surface area (Å²) < 4.78 is 4.81. The number of rotatable bonds is 1. The van der Waals surface area contributed by atoms with Gasteiger partial charge < -0.3 is 9.52 Å². The molecule has 1 aromatic rings. The zero-order valence-corrected chi connectivity index (χ0v) is 4.59. The van der Waals surface area contributed by atoms with Crippen LogP contribution >= 0.6 is 0 Å². The van der Waals surface area contributed by atoms with Crippen LogP contribution in [-0.4, -0.2) is 5.11 Å². The zero-order chi connectivity index (χ0) is 5.98. The highest BCUT2D eigenvalue weighted by Gasteiger charge is 2.01. The van der Waals surface area contributed by atoms with Crippen LogP contribution in [0.15, 0.2) is 22.8 Å². The van der Waals surface area contributed by atoms with Crippen LogP contribution < -0.4 is 0 Å². The zero-order valence-electron chi connectivity index (χ0n) is 4.59. The topological polar surface area (TPSA) is 33.4 Å². The third-order valence-electron chi connectivity index (χ3n) is 0.878. The van der Waals surface area contributed by atoms with Gasteiger partial charge in [0, 0.05) is 0 Å². The van der Waals surface area contributed by atoms with Gasteiger partial charge in [-0.15, -0.1) is 0 Å². The van der Waals surface area contributed by atoms with Crippen molar-refractivity contribution in [2.45, 2.75) is 6.92 Å². The van der Waals surface area contributed by atoms with Gasteiger partial charge in [0.1, 0.15) is 5.76 Å². The summed E-state index contributed by atoms with van der Waals surface area (Å²) in [5.41, 5.74) is 0. The van der Waals surface area contributed by atoms with E-state index in [1.54, 1.807) is 19.1 Å². The van der Waals surface area contributed by atoms with E-state index in [2.05, 4.69) is 0 Å². The summed E-state index contributed by atoms with van der Waals surface area (Å²) in [4.78, 5) is 0. The Bertz CT molecular complexity index is 142. The standard InChI is InChI=1S/C6H7O2/c1-5(7)6-3-2-4-8-6/h2-4,7H,1H3. The second-order valence-corrected chi connectivity index (χ2v) is 1.56. The summed E-state index contributed by atoms with van der Waals surface area (Å²) in [6, 6.07) is 3.43. The highest BCUT2D eigenvalue weighted by Crippen LogP contribution is 2.09. The molecule has 0 fully saturated rings. The Labute approximate surface area is 47.7 Å². The summed E-state index contributed by atoms with van der Waals surface area (Å²) in [5, 5.41) is 8.74. The molecule has 1 rings (SSSR count). The first kappa shape index (κ1) is 5.38. The van der Waals surface area contributed by atoms with Gasteiger partial charge in [0.05, 0.1) is 6.26 Å². The minimum Gasteiger partial charge on any atom is -0.466 e. The maximum absolute atomic E-state index is 8.74. The molecule has 0 saturated heterocycles. The Hall–Kier alpha value is -0.760. The molecule has 1 aromatic heterocycles. The molecule has 0 atom stereocenters. The molecule has 0 saturated carbocycles. The first-order valence-electron chi connectivity index (χ1n) is 2.37. The van der Waals surface area contributed by atoms with E-state index in [9.17, 15) is 0 Å². The predicted molar refractivity (Wildman–Crippen MR) is 28.7 cm³/mol. The molecule has 1 N–H and O–H groups in total. The predicted octanol–water partition coefficient (Wildman–Crippen LogP) is 1.55. The van der Waals surface area contributed by atoms with Crippen LogP contribution in [0.3, 0.4) is 0 Å². The minimum atomic E-state index is 0.218. The molecular formula is C6H7O2. The van der Waals surface area contributed by atoms with Gasteiger partial charge in [-0.3, -0.25) is 0 Å². The van der Waals surface area contributed by atoms with Crippen molar-refractivity contribution >= 4 is 0 Å². The van der Waals surface area contributed by atoms with Crippen molar-refractivity contribution in [2.75, 3.05) is 0 Å². The van der Waals surface area contributed by atoms with Gasteiger partial charge in [0.25, 0.3) is 0 Å². The van der Waals surface area contributed by atoms with E-state index in [0.29, 0.717) is 5.76 Å². The van der Waals surface area contributed by atoms with E-state index in [1.807, 2.05) is 0 Å². The molecule has 1 heterocycles. The van der Waals surface area contributed by atoms with Gasteiger partial charge >= 0.3 is 0 Å². The molecule has 43 valence electrons. The molecule has 0 aliphatic heterocycles. The Morgan fingerprint density at radius 2 is 2.50 bits per heavy atom. The highest BCUT2D eigenvalue weighted by molar-refractivity contribution is 5.11. The molecule has 0 aliphatic carbocycles. The van der Waals surface area contributed by atoms with Gasteiger partial charge in [-0.1, -0.05) is 0 Å². The molecule has 2 nitrogen and oxygen atoms in total. The van der Waals surface area contributed by atoms with Crippen molar-refractivity contribution in [1.82, 2.24) is 0 Å². The number of aliphatic hydroxyl groups is 1. The maximum atomic E-state index is 8.74. The van der Waals surface area contributed by atoms with Crippen molar-refractivity contribution in [3.05, 3.63) is 30.3 Å². The SMILES string of the molecule is C[C](O)c1ccco1. The Kier molecular flexibility index (Phi) is 1.35. The molecule has 0 amide bonds. The third kappa shape index (κ3) is 0.898. The molecular weight excluding hydrogens is 104 g/mol. The number of furan rings is 1. The summed E-state index contributed by atoms with van der Waals surface area (Å²) in [6.07, 6.45) is 1.74. The second-order valence-electron chi connectivity index (χ2n) is 1.56. The highest BCUT2D eigenvalue weighted by atomic mass is 16.4. The van der Waals surface area contributed by atoms with Crippen molar-refractivity contribution in [3.63, 3.8) is 0 Å². The fourth-order valence-corrected chi connectivity index (χ4v) is 0.484. The van der Waals surface area contributed by atoms with Crippen LogP contribution in [0.5, 0.6) is 0 Å². The minimum absolute atomic E-state index is 0.218. The van der Waals surface area contributed by atoms with E-state index in [1.165, 1.54) is 6.26 Å². The van der Waals surface area contributed by atoms with Crippen LogP contribution in [0.1, 0.15) is 12.7 Å². The van der Waals surface area contributed by atoms with Gasteiger partial charge in [-0.25, -0.2) is 0 Å². The first-order chi connectivity index (χ1) is 3.80. The van der Waals surface area contributed by atoms with Crippen LogP contribution in [-0.2, 0) is 0 Å². The lowest BCUT2D eigenvalue weighted by atomic mass is 10.3. The molecule has 0 aromatic carbocycles. The largest absolute Gasteiger partial charge is 0.466 e. The van der Waals surface area contributed by atoms with Crippen molar-refractivity contribution < 1.29 is 9.52 Å². The molecule has 0 bridgehead atoms. The monoisotopic (exact) mass is 111 g/mol. The summed E-state index contributed by atoms with van der Waals surface area (Å²) >= 11 is 0. The van der Waals surface area contributed by atoms with Crippen LogP contribution in [0.25, 0.3) is 0 Å². The van der Waals surface area contributed by atoms with Crippen LogP contribution in [0.2, 0.25) is 0 Å². The molecule has 1 radical (unpaired) electrons. The maximum Gasteiger partial charge on any atom is 0.155 e. The van der Waals surface area contributed by atoms with Crippen molar-refractivity contribution in [3.8, 4) is 0 Å². The molecule has 0 spiro atoms. The molecule has 0 unspecified atom stereocenters. The summed E-state index contributed by atoms with van der Waals surface area (Å²) in [7, 11) is 0. The third-order valence-corrected chi connectivity index (χ3v) is 0.878. The lowest BCUT2D eigenvalue weighted by Gasteiger charge is -1.92. The normalized spacial score (nSPS) is 10.4. The van der Waals surface area contributed by atoms with Gasteiger partial charge in [-0.05, 0) is 19.1 Å². The summed E-state index contributed by atoms with van der Waals surface area (Å²) in [5.74, 6) is 0.532. The average Bonchev–Trinajstić information content (AvgIpc) is 2.12. The van der Waals surface area contributed by atoms with E-state index in [0.717, 1.165) is 0 Å². The van der Waals surface area contributed by atoms with Gasteiger partial charge in [0.2, 0.25) is 0 Å².